The predicted octanol–water partition coefficient (Wildman–Crippen LogP) is 1.16. The van der Waals surface area contributed by atoms with Crippen LogP contribution in [0.5, 0.6) is 5.88 Å². The Balaban J connectivity index is 1.37. The summed E-state index contributed by atoms with van der Waals surface area (Å²) < 4.78 is 29.7. The number of nitrogens with zero attached hydrogens (tertiary/aromatic N) is 6. The molecule has 0 spiro atoms. The van der Waals surface area contributed by atoms with Gasteiger partial charge >= 0.3 is 0 Å². The Hall–Kier alpha value is -2.57. The third-order valence-electron chi connectivity index (χ3n) is 5.65. The standard InChI is InChI=1S/C18H24N8O3S/c27-30(28)11-25-6-4-13(5-7-25)22-18-23-15-10-19-16(12-8-20-21-9-12)17(26(15)24-18)29-14-2-1-3-14/h8-10,13-14H,1-7,11H2,(H,20,21)(H,22,24)(H,27,28)/p-1. The van der Waals surface area contributed by atoms with Crippen molar-refractivity contribution in [3.63, 3.8) is 0 Å². The van der Waals surface area contributed by atoms with E-state index in [2.05, 4.69) is 30.6 Å². The summed E-state index contributed by atoms with van der Waals surface area (Å²) in [6.45, 7) is 1.45. The van der Waals surface area contributed by atoms with Crippen molar-refractivity contribution in [2.75, 3.05) is 24.3 Å². The van der Waals surface area contributed by atoms with Crippen molar-refractivity contribution >= 4 is 22.7 Å². The van der Waals surface area contributed by atoms with Crippen LogP contribution in [0, 0.1) is 0 Å². The van der Waals surface area contributed by atoms with Gasteiger partial charge in [-0.3, -0.25) is 14.2 Å². The molecule has 160 valence electrons. The molecule has 0 radical (unpaired) electrons. The number of aromatic amines is 1. The van der Waals surface area contributed by atoms with Crippen molar-refractivity contribution in [3.8, 4) is 17.1 Å². The number of fused-ring (bicyclic) bond motifs is 1. The van der Waals surface area contributed by atoms with Crippen molar-refractivity contribution in [2.24, 2.45) is 0 Å². The zero-order valence-corrected chi connectivity index (χ0v) is 17.2. The molecular formula is C18H23N8O3S-. The van der Waals surface area contributed by atoms with Crippen LogP contribution in [-0.2, 0) is 11.1 Å². The highest BCUT2D eigenvalue weighted by molar-refractivity contribution is 7.79. The van der Waals surface area contributed by atoms with Crippen LogP contribution in [-0.4, -0.2) is 74.6 Å². The van der Waals surface area contributed by atoms with Gasteiger partial charge in [-0.25, -0.2) is 4.98 Å². The van der Waals surface area contributed by atoms with Crippen molar-refractivity contribution in [1.82, 2.24) is 34.7 Å². The zero-order chi connectivity index (χ0) is 20.5. The summed E-state index contributed by atoms with van der Waals surface area (Å²) in [5.41, 5.74) is 2.12. The summed E-state index contributed by atoms with van der Waals surface area (Å²) >= 11 is -2.04. The second kappa shape index (κ2) is 8.28. The van der Waals surface area contributed by atoms with E-state index < -0.39 is 11.1 Å². The van der Waals surface area contributed by atoms with Crippen LogP contribution in [0.3, 0.4) is 0 Å². The zero-order valence-electron chi connectivity index (χ0n) is 16.4. The highest BCUT2D eigenvalue weighted by atomic mass is 32.2. The van der Waals surface area contributed by atoms with Crippen molar-refractivity contribution < 1.29 is 13.5 Å². The van der Waals surface area contributed by atoms with E-state index in [1.165, 1.54) is 0 Å². The van der Waals surface area contributed by atoms with E-state index in [0.717, 1.165) is 50.8 Å². The Morgan fingerprint density at radius 3 is 2.77 bits per heavy atom. The first-order valence-electron chi connectivity index (χ1n) is 10.1. The molecule has 2 fully saturated rings. The third kappa shape index (κ3) is 4.02. The number of rotatable bonds is 7. The largest absolute Gasteiger partial charge is 0.771 e. The topological polar surface area (TPSA) is 136 Å². The summed E-state index contributed by atoms with van der Waals surface area (Å²) in [6, 6.07) is 0.191. The number of nitrogens with one attached hydrogen (secondary N) is 2. The van der Waals surface area contributed by atoms with Gasteiger partial charge in [-0.15, -0.1) is 5.10 Å². The first-order valence-corrected chi connectivity index (χ1v) is 11.4. The van der Waals surface area contributed by atoms with Crippen LogP contribution in [0.2, 0.25) is 0 Å². The number of aromatic nitrogens is 6. The van der Waals surface area contributed by atoms with E-state index in [0.29, 0.717) is 23.2 Å². The molecular weight excluding hydrogens is 408 g/mol. The lowest BCUT2D eigenvalue weighted by Gasteiger charge is -2.32. The molecule has 0 amide bonds. The van der Waals surface area contributed by atoms with E-state index in [1.54, 1.807) is 23.1 Å². The maximum atomic E-state index is 10.9. The maximum Gasteiger partial charge on any atom is 0.244 e. The Labute approximate surface area is 175 Å². The Morgan fingerprint density at radius 1 is 1.27 bits per heavy atom. The molecule has 30 heavy (non-hydrogen) atoms. The molecule has 1 saturated carbocycles. The van der Waals surface area contributed by atoms with Crippen LogP contribution >= 0.6 is 0 Å². The lowest BCUT2D eigenvalue weighted by atomic mass is 9.96. The maximum absolute atomic E-state index is 10.9. The average Bonchev–Trinajstić information content (AvgIpc) is 3.35. The van der Waals surface area contributed by atoms with Crippen LogP contribution in [0.4, 0.5) is 5.95 Å². The molecule has 4 heterocycles. The SMILES string of the molecule is O=S([O-])CN1CCC(Nc2nc3cnc(-c4cn[nH]c4)c(OC4CCC4)n3n2)CC1. The van der Waals surface area contributed by atoms with Gasteiger partial charge in [0.05, 0.1) is 18.3 Å². The van der Waals surface area contributed by atoms with Crippen LogP contribution < -0.4 is 10.1 Å². The molecule has 2 N–H and O–H groups in total. The van der Waals surface area contributed by atoms with E-state index in [4.69, 9.17) is 4.74 Å². The Kier molecular flexibility index (Phi) is 5.35. The fraction of sp³-hybridized carbons (Fsp3) is 0.556. The lowest BCUT2D eigenvalue weighted by Crippen LogP contribution is -2.40. The summed E-state index contributed by atoms with van der Waals surface area (Å²) in [7, 11) is 0. The molecule has 1 atom stereocenters. The van der Waals surface area contributed by atoms with Gasteiger partial charge in [0.15, 0.2) is 5.65 Å². The Bertz CT molecular complexity index is 1030. The quantitative estimate of drug-likeness (QED) is 0.528. The molecule has 1 aliphatic heterocycles. The summed E-state index contributed by atoms with van der Waals surface area (Å²) in [6.07, 6.45) is 10.2. The average molecular weight is 432 g/mol. The van der Waals surface area contributed by atoms with E-state index in [-0.39, 0.29) is 18.0 Å². The molecule has 12 heteroatoms. The van der Waals surface area contributed by atoms with Gasteiger partial charge < -0.3 is 14.6 Å². The number of piperidine rings is 1. The molecule has 2 aliphatic rings. The number of ether oxygens (including phenoxy) is 1. The summed E-state index contributed by atoms with van der Waals surface area (Å²) in [4.78, 5) is 11.1. The minimum absolute atomic E-state index is 0.0870. The molecule has 5 rings (SSSR count). The van der Waals surface area contributed by atoms with Gasteiger partial charge in [0, 0.05) is 30.9 Å². The lowest BCUT2D eigenvalue weighted by molar-refractivity contribution is 0.112. The highest BCUT2D eigenvalue weighted by Crippen LogP contribution is 2.32. The number of hydrogen-bond acceptors (Lipinski definition) is 9. The van der Waals surface area contributed by atoms with Gasteiger partial charge in [0.2, 0.25) is 11.8 Å². The fourth-order valence-corrected chi connectivity index (χ4v) is 4.32. The first kappa shape index (κ1) is 19.4. The Morgan fingerprint density at radius 2 is 2.10 bits per heavy atom. The van der Waals surface area contributed by atoms with Gasteiger partial charge in [-0.1, -0.05) is 0 Å². The highest BCUT2D eigenvalue weighted by Gasteiger charge is 2.25. The molecule has 11 nitrogen and oxygen atoms in total. The minimum atomic E-state index is -2.04. The second-order valence-corrected chi connectivity index (χ2v) is 8.61. The van der Waals surface area contributed by atoms with Crippen LogP contribution in [0.25, 0.3) is 16.9 Å². The normalized spacial score (nSPS) is 19.6. The fourth-order valence-electron chi connectivity index (χ4n) is 3.76. The second-order valence-electron chi connectivity index (χ2n) is 7.74. The van der Waals surface area contributed by atoms with E-state index >= 15 is 0 Å². The monoisotopic (exact) mass is 431 g/mol. The van der Waals surface area contributed by atoms with E-state index in [1.807, 2.05) is 4.90 Å². The van der Waals surface area contributed by atoms with Crippen LogP contribution in [0.1, 0.15) is 32.1 Å². The number of hydrogen-bond donors (Lipinski definition) is 2. The molecule has 1 unspecified atom stereocenters. The minimum Gasteiger partial charge on any atom is -0.771 e. The summed E-state index contributed by atoms with van der Waals surface area (Å²) in [5, 5.41) is 14.9. The van der Waals surface area contributed by atoms with Gasteiger partial charge in [0.1, 0.15) is 11.8 Å². The van der Waals surface area contributed by atoms with Crippen LogP contribution in [0.15, 0.2) is 18.6 Å². The van der Waals surface area contributed by atoms with Gasteiger partial charge in [-0.2, -0.15) is 14.6 Å². The number of H-pyrrole nitrogens is 1. The molecule has 3 aromatic rings. The smallest absolute Gasteiger partial charge is 0.244 e. The number of likely N-dealkylation sites (tertiary alicyclic amines) is 1. The van der Waals surface area contributed by atoms with Crippen molar-refractivity contribution in [1.29, 1.82) is 0 Å². The predicted molar refractivity (Wildman–Crippen MR) is 109 cm³/mol. The van der Waals surface area contributed by atoms with Crippen molar-refractivity contribution in [3.05, 3.63) is 18.6 Å². The molecule has 0 bridgehead atoms. The third-order valence-corrected chi connectivity index (χ3v) is 6.22. The summed E-state index contributed by atoms with van der Waals surface area (Å²) in [5.74, 6) is 1.18. The molecule has 0 aromatic carbocycles. The van der Waals surface area contributed by atoms with Gasteiger partial charge in [-0.05, 0) is 43.2 Å². The molecule has 1 aliphatic carbocycles. The first-order chi connectivity index (χ1) is 14.7. The number of anilines is 1. The molecule has 3 aromatic heterocycles. The van der Waals surface area contributed by atoms with E-state index in [9.17, 15) is 8.76 Å². The molecule has 1 saturated heterocycles. The van der Waals surface area contributed by atoms with Gasteiger partial charge in [0.25, 0.3) is 0 Å². The van der Waals surface area contributed by atoms with Crippen molar-refractivity contribution in [2.45, 2.75) is 44.2 Å².